The smallest absolute Gasteiger partial charge is 0.0977 e. The number of hydrogen-bond donors (Lipinski definition) is 2. The van der Waals surface area contributed by atoms with Crippen molar-refractivity contribution in [3.05, 3.63) is 0 Å². The van der Waals surface area contributed by atoms with E-state index in [1.165, 1.54) is 0 Å². The Morgan fingerprint density at radius 1 is 1.67 bits per heavy atom. The van der Waals surface area contributed by atoms with Crippen LogP contribution >= 0.6 is 0 Å². The van der Waals surface area contributed by atoms with Crippen LogP contribution in [0.2, 0.25) is 0 Å². The first-order chi connectivity index (χ1) is 4.35. The Morgan fingerprint density at radius 3 is 2.67 bits per heavy atom. The third-order valence-electron chi connectivity index (χ3n) is 1.05. The Bertz CT molecular complexity index is 54.9. The van der Waals surface area contributed by atoms with Gasteiger partial charge in [-0.3, -0.25) is 0 Å². The van der Waals surface area contributed by atoms with Crippen molar-refractivity contribution in [1.82, 2.24) is 5.01 Å². The van der Waals surface area contributed by atoms with E-state index in [1.807, 2.05) is 11.9 Å². The third kappa shape index (κ3) is 4.35. The zero-order chi connectivity index (χ0) is 7.11. The molecule has 9 heavy (non-hydrogen) atoms. The molecule has 0 saturated heterocycles. The average Bonchev–Trinajstić information content (AvgIpc) is 1.88. The van der Waals surface area contributed by atoms with Crippen molar-refractivity contribution in [3.8, 4) is 0 Å². The fourth-order valence-electron chi connectivity index (χ4n) is 0.563. The van der Waals surface area contributed by atoms with E-state index in [1.54, 1.807) is 12.7 Å². The normalized spacial score (nSPS) is 10.7. The number of nitrogens with two attached hydrogens (primary N) is 1. The lowest BCUT2D eigenvalue weighted by Crippen LogP contribution is -2.92. The van der Waals surface area contributed by atoms with Crippen molar-refractivity contribution in [2.24, 2.45) is 0 Å². The number of nitrogens with zero attached hydrogens (tertiary/aromatic N) is 1. The van der Waals surface area contributed by atoms with E-state index in [-0.39, 0.29) is 6.61 Å². The van der Waals surface area contributed by atoms with Crippen LogP contribution in [-0.4, -0.2) is 36.9 Å². The van der Waals surface area contributed by atoms with E-state index < -0.39 is 0 Å². The topological polar surface area (TPSA) is 49.3 Å². The molecule has 0 amide bonds. The van der Waals surface area contributed by atoms with Gasteiger partial charge in [-0.25, -0.2) is 0 Å². The predicted molar refractivity (Wildman–Crippen MR) is 33.3 cm³/mol. The van der Waals surface area contributed by atoms with E-state index in [0.29, 0.717) is 6.54 Å². The summed E-state index contributed by atoms with van der Waals surface area (Å²) >= 11 is 0. The number of hydrogen-bond acceptors (Lipinski definition) is 3. The van der Waals surface area contributed by atoms with Gasteiger partial charge in [0.2, 0.25) is 0 Å². The summed E-state index contributed by atoms with van der Waals surface area (Å²) in [6.07, 6.45) is 0. The lowest BCUT2D eigenvalue weighted by molar-refractivity contribution is -0.994. The SMILES string of the molecule is CCN(CCO)[NH2+]OC. The molecule has 0 heterocycles. The van der Waals surface area contributed by atoms with Crippen LogP contribution in [0.1, 0.15) is 6.92 Å². The Hall–Kier alpha value is -0.160. The van der Waals surface area contributed by atoms with Crippen molar-refractivity contribution in [3.63, 3.8) is 0 Å². The molecule has 0 aliphatic rings. The first-order valence-corrected chi connectivity index (χ1v) is 3.06. The first-order valence-electron chi connectivity index (χ1n) is 3.06. The van der Waals surface area contributed by atoms with Crippen LogP contribution in [0, 0.1) is 0 Å². The van der Waals surface area contributed by atoms with Crippen LogP contribution in [0.3, 0.4) is 0 Å². The van der Waals surface area contributed by atoms with Gasteiger partial charge in [0.1, 0.15) is 0 Å². The summed E-state index contributed by atoms with van der Waals surface area (Å²) in [6, 6.07) is 0. The summed E-state index contributed by atoms with van der Waals surface area (Å²) in [7, 11) is 1.60. The van der Waals surface area contributed by atoms with E-state index in [2.05, 4.69) is 0 Å². The number of aliphatic hydroxyl groups excluding tert-OH is 1. The van der Waals surface area contributed by atoms with Crippen LogP contribution in [0.25, 0.3) is 0 Å². The van der Waals surface area contributed by atoms with Gasteiger partial charge in [0.15, 0.2) is 0 Å². The zero-order valence-electron chi connectivity index (χ0n) is 6.00. The maximum Gasteiger partial charge on any atom is 0.0977 e. The molecule has 0 aliphatic carbocycles. The number of quaternary nitrogens is 1. The van der Waals surface area contributed by atoms with Crippen molar-refractivity contribution in [2.75, 3.05) is 26.8 Å². The largest absolute Gasteiger partial charge is 0.395 e. The van der Waals surface area contributed by atoms with Crippen molar-refractivity contribution in [1.29, 1.82) is 0 Å². The average molecular weight is 135 g/mol. The van der Waals surface area contributed by atoms with Crippen LogP contribution in [-0.2, 0) is 4.84 Å². The summed E-state index contributed by atoms with van der Waals surface area (Å²) in [5, 5.41) is 10.4. The molecule has 56 valence electrons. The second-order valence-electron chi connectivity index (χ2n) is 1.69. The molecule has 4 heteroatoms. The number of likely N-dealkylation sites (N-methyl/N-ethyl adjacent to an activating group) is 1. The molecule has 0 atom stereocenters. The molecule has 3 N–H and O–H groups in total. The van der Waals surface area contributed by atoms with Crippen LogP contribution in [0.4, 0.5) is 0 Å². The highest BCUT2D eigenvalue weighted by Crippen LogP contribution is 1.69. The molecule has 0 fully saturated rings. The monoisotopic (exact) mass is 135 g/mol. The molecule has 0 aromatic carbocycles. The molecular formula is C5H15N2O2+. The minimum absolute atomic E-state index is 0.174. The summed E-state index contributed by atoms with van der Waals surface area (Å²) < 4.78 is 0. The first kappa shape index (κ1) is 8.84. The van der Waals surface area contributed by atoms with Gasteiger partial charge >= 0.3 is 0 Å². The summed E-state index contributed by atoms with van der Waals surface area (Å²) in [5.41, 5.74) is 1.61. The standard InChI is InChI=1S/C5H14N2O2/c1-3-7(4-5-8)6-9-2/h6,8H,3-5H2,1-2H3/p+1. The maximum absolute atomic E-state index is 8.48. The lowest BCUT2D eigenvalue weighted by atomic mass is 10.6. The summed E-state index contributed by atoms with van der Waals surface area (Å²) in [5.74, 6) is 0. The van der Waals surface area contributed by atoms with E-state index in [9.17, 15) is 0 Å². The Labute approximate surface area is 55.3 Å². The molecule has 0 bridgehead atoms. The van der Waals surface area contributed by atoms with E-state index in [4.69, 9.17) is 9.94 Å². The molecular weight excluding hydrogens is 120 g/mol. The number of rotatable bonds is 5. The quantitative estimate of drug-likeness (QED) is 0.350. The third-order valence-corrected chi connectivity index (χ3v) is 1.05. The van der Waals surface area contributed by atoms with Gasteiger partial charge in [-0.1, -0.05) is 0 Å². The fraction of sp³-hybridized carbons (Fsp3) is 1.00. The molecule has 0 radical (unpaired) electrons. The highest BCUT2D eigenvalue weighted by atomic mass is 16.7. The molecule has 0 aliphatic heterocycles. The van der Waals surface area contributed by atoms with Gasteiger partial charge < -0.3 is 5.11 Å². The van der Waals surface area contributed by atoms with E-state index in [0.717, 1.165) is 6.54 Å². The maximum atomic E-state index is 8.48. The number of aliphatic hydroxyl groups is 1. The van der Waals surface area contributed by atoms with Crippen molar-refractivity contribution in [2.45, 2.75) is 6.92 Å². The molecule has 0 aromatic heterocycles. The molecule has 0 rings (SSSR count). The van der Waals surface area contributed by atoms with Crippen LogP contribution < -0.4 is 5.59 Å². The lowest BCUT2D eigenvalue weighted by Gasteiger charge is -2.12. The van der Waals surface area contributed by atoms with Gasteiger partial charge in [-0.2, -0.15) is 4.84 Å². The van der Waals surface area contributed by atoms with Gasteiger partial charge in [0, 0.05) is 6.54 Å². The van der Waals surface area contributed by atoms with E-state index >= 15 is 0 Å². The molecule has 0 saturated carbocycles. The molecule has 0 unspecified atom stereocenters. The van der Waals surface area contributed by atoms with Gasteiger partial charge in [0.25, 0.3) is 0 Å². The van der Waals surface area contributed by atoms with Gasteiger partial charge in [0.05, 0.1) is 20.3 Å². The minimum Gasteiger partial charge on any atom is -0.395 e. The van der Waals surface area contributed by atoms with Crippen molar-refractivity contribution < 1.29 is 15.5 Å². The predicted octanol–water partition coefficient (Wildman–Crippen LogP) is -1.66. The highest BCUT2D eigenvalue weighted by Gasteiger charge is 2.01. The minimum atomic E-state index is 0.174. The summed E-state index contributed by atoms with van der Waals surface area (Å²) in [6.45, 7) is 3.69. The molecule has 4 nitrogen and oxygen atoms in total. The Kier molecular flexibility index (Phi) is 5.86. The second kappa shape index (κ2) is 5.97. The van der Waals surface area contributed by atoms with Gasteiger partial charge in [-0.05, 0) is 6.92 Å². The Morgan fingerprint density at radius 2 is 2.33 bits per heavy atom. The van der Waals surface area contributed by atoms with Crippen molar-refractivity contribution >= 4 is 0 Å². The van der Waals surface area contributed by atoms with Crippen LogP contribution in [0.15, 0.2) is 0 Å². The highest BCUT2D eigenvalue weighted by molar-refractivity contribution is 4.33. The van der Waals surface area contributed by atoms with Crippen LogP contribution in [0.5, 0.6) is 0 Å². The summed E-state index contributed by atoms with van der Waals surface area (Å²) in [4.78, 5) is 4.74. The molecule has 0 aromatic rings. The zero-order valence-corrected chi connectivity index (χ0v) is 6.00. The molecule has 0 spiro atoms. The fourth-order valence-corrected chi connectivity index (χ4v) is 0.563. The van der Waals surface area contributed by atoms with Gasteiger partial charge in [-0.15, -0.1) is 10.6 Å². The second-order valence-corrected chi connectivity index (χ2v) is 1.69. The Balaban J connectivity index is 3.18.